The maximum atomic E-state index is 14.3. The van der Waals surface area contributed by atoms with Crippen molar-refractivity contribution in [1.29, 1.82) is 5.26 Å². The number of hydrogen-bond donors (Lipinski definition) is 1. The third kappa shape index (κ3) is 3.72. The van der Waals surface area contributed by atoms with Crippen molar-refractivity contribution in [1.82, 2.24) is 4.57 Å². The van der Waals surface area contributed by atoms with E-state index in [1.807, 2.05) is 6.07 Å². The normalized spacial score (nSPS) is 11.4. The molecule has 2 N–H and O–H groups in total. The molecule has 0 atom stereocenters. The molecular weight excluding hydrogens is 305 g/mol. The Morgan fingerprint density at radius 2 is 2.05 bits per heavy atom. The number of rotatable bonds is 5. The van der Waals surface area contributed by atoms with Crippen LogP contribution in [0.3, 0.4) is 0 Å². The molecule has 0 bridgehead atoms. The summed E-state index contributed by atoms with van der Waals surface area (Å²) in [5.74, 6) is -0.529. The number of hydrogen-bond acceptors (Lipinski definition) is 3. The maximum Gasteiger partial charge on any atom is 0.209 e. The van der Waals surface area contributed by atoms with Gasteiger partial charge in [0.2, 0.25) is 10.0 Å². The number of nitrogens with zero attached hydrogens (tertiary/aromatic N) is 2. The Bertz CT molecular complexity index is 835. The molecule has 5 nitrogen and oxygen atoms in total. The molecule has 116 valence electrons. The Morgan fingerprint density at radius 3 is 2.59 bits per heavy atom. The zero-order valence-electron chi connectivity index (χ0n) is 12.1. The fourth-order valence-electron chi connectivity index (χ4n) is 2.29. The first-order valence-corrected chi connectivity index (χ1v) is 8.38. The van der Waals surface area contributed by atoms with E-state index in [1.54, 1.807) is 35.9 Å². The number of nitriles is 1. The Hall–Kier alpha value is -2.17. The van der Waals surface area contributed by atoms with Gasteiger partial charge in [-0.15, -0.1) is 0 Å². The number of sulfonamides is 1. The van der Waals surface area contributed by atoms with Crippen molar-refractivity contribution in [2.75, 3.05) is 5.75 Å². The van der Waals surface area contributed by atoms with E-state index < -0.39 is 15.8 Å². The summed E-state index contributed by atoms with van der Waals surface area (Å²) in [5.41, 5.74) is 2.18. The van der Waals surface area contributed by atoms with E-state index in [-0.39, 0.29) is 5.75 Å². The number of aryl methyl sites for hydroxylation is 1. The lowest BCUT2D eigenvalue weighted by Crippen LogP contribution is -2.16. The van der Waals surface area contributed by atoms with Gasteiger partial charge >= 0.3 is 0 Å². The van der Waals surface area contributed by atoms with Crippen LogP contribution in [0.2, 0.25) is 0 Å². The van der Waals surface area contributed by atoms with Gasteiger partial charge in [0.05, 0.1) is 11.4 Å². The SMILES string of the molecule is Cn1c(C#N)ccc1-c1ccc(CCCS(N)(=O)=O)cc1F. The first kappa shape index (κ1) is 16.2. The molecule has 0 unspecified atom stereocenters. The van der Waals surface area contributed by atoms with Crippen molar-refractivity contribution >= 4 is 10.0 Å². The molecule has 0 aliphatic carbocycles. The molecule has 2 aromatic rings. The van der Waals surface area contributed by atoms with Gasteiger partial charge in [0.1, 0.15) is 17.6 Å². The minimum absolute atomic E-state index is 0.125. The maximum absolute atomic E-state index is 14.3. The zero-order chi connectivity index (χ0) is 16.3. The van der Waals surface area contributed by atoms with Crippen LogP contribution >= 0.6 is 0 Å². The summed E-state index contributed by atoms with van der Waals surface area (Å²) >= 11 is 0. The smallest absolute Gasteiger partial charge is 0.209 e. The summed E-state index contributed by atoms with van der Waals surface area (Å²) in [4.78, 5) is 0. The molecule has 0 saturated heterocycles. The monoisotopic (exact) mass is 321 g/mol. The molecule has 2 rings (SSSR count). The molecule has 0 fully saturated rings. The van der Waals surface area contributed by atoms with Crippen LogP contribution < -0.4 is 5.14 Å². The first-order chi connectivity index (χ1) is 10.3. The lowest BCUT2D eigenvalue weighted by Gasteiger charge is -2.08. The van der Waals surface area contributed by atoms with Crippen LogP contribution in [0.5, 0.6) is 0 Å². The highest BCUT2D eigenvalue weighted by atomic mass is 32.2. The van der Waals surface area contributed by atoms with Gasteiger partial charge in [0.15, 0.2) is 0 Å². The van der Waals surface area contributed by atoms with Crippen molar-refractivity contribution in [2.45, 2.75) is 12.8 Å². The van der Waals surface area contributed by atoms with Crippen LogP contribution in [0.15, 0.2) is 30.3 Å². The van der Waals surface area contributed by atoms with Gasteiger partial charge in [-0.05, 0) is 42.7 Å². The van der Waals surface area contributed by atoms with Crippen molar-refractivity contribution in [3.8, 4) is 17.3 Å². The zero-order valence-corrected chi connectivity index (χ0v) is 12.9. The third-order valence-corrected chi connectivity index (χ3v) is 4.30. The van der Waals surface area contributed by atoms with Gasteiger partial charge < -0.3 is 4.57 Å². The average Bonchev–Trinajstić information content (AvgIpc) is 2.78. The molecule has 1 aromatic heterocycles. The van der Waals surface area contributed by atoms with Gasteiger partial charge in [-0.3, -0.25) is 0 Å². The van der Waals surface area contributed by atoms with E-state index >= 15 is 0 Å². The lowest BCUT2D eigenvalue weighted by molar-refractivity contribution is 0.595. The standard InChI is InChI=1S/C15H16FN3O2S/c1-19-12(10-17)5-7-15(19)13-6-4-11(9-14(13)16)3-2-8-22(18,20)21/h4-7,9H,2-3,8H2,1H3,(H2,18,20,21). The van der Waals surface area contributed by atoms with Gasteiger partial charge in [-0.1, -0.05) is 6.07 Å². The molecule has 1 aromatic carbocycles. The van der Waals surface area contributed by atoms with Gasteiger partial charge in [0.25, 0.3) is 0 Å². The van der Waals surface area contributed by atoms with Gasteiger partial charge in [-0.25, -0.2) is 17.9 Å². The van der Waals surface area contributed by atoms with Crippen LogP contribution in [0.25, 0.3) is 11.3 Å². The Morgan fingerprint density at radius 1 is 1.32 bits per heavy atom. The van der Waals surface area contributed by atoms with Crippen LogP contribution in [-0.2, 0) is 23.5 Å². The van der Waals surface area contributed by atoms with Gasteiger partial charge in [0, 0.05) is 12.6 Å². The molecule has 0 amide bonds. The highest BCUT2D eigenvalue weighted by Gasteiger charge is 2.12. The van der Waals surface area contributed by atoms with E-state index in [1.165, 1.54) is 6.07 Å². The Labute approximate surface area is 128 Å². The average molecular weight is 321 g/mol. The highest BCUT2D eigenvalue weighted by Crippen LogP contribution is 2.25. The molecule has 0 saturated carbocycles. The molecular formula is C15H16FN3O2S. The fourth-order valence-corrected chi connectivity index (χ4v) is 2.84. The molecule has 0 radical (unpaired) electrons. The van der Waals surface area contributed by atoms with Crippen LogP contribution in [0, 0.1) is 17.1 Å². The second-order valence-electron chi connectivity index (χ2n) is 5.06. The van der Waals surface area contributed by atoms with Crippen molar-refractivity contribution in [2.24, 2.45) is 12.2 Å². The second kappa shape index (κ2) is 6.30. The van der Waals surface area contributed by atoms with Crippen molar-refractivity contribution in [3.05, 3.63) is 47.4 Å². The van der Waals surface area contributed by atoms with Crippen molar-refractivity contribution < 1.29 is 12.8 Å². The van der Waals surface area contributed by atoms with Crippen LogP contribution in [-0.4, -0.2) is 18.7 Å². The number of aromatic nitrogens is 1. The molecule has 22 heavy (non-hydrogen) atoms. The predicted molar refractivity (Wildman–Crippen MR) is 81.8 cm³/mol. The topological polar surface area (TPSA) is 88.9 Å². The van der Waals surface area contributed by atoms with E-state index in [2.05, 4.69) is 0 Å². The number of primary sulfonamides is 1. The number of benzene rings is 1. The van der Waals surface area contributed by atoms with Crippen LogP contribution in [0.1, 0.15) is 17.7 Å². The molecule has 0 spiro atoms. The number of halogens is 1. The molecule has 0 aliphatic heterocycles. The first-order valence-electron chi connectivity index (χ1n) is 6.67. The Balaban J connectivity index is 2.20. The van der Waals surface area contributed by atoms with Crippen LogP contribution in [0.4, 0.5) is 4.39 Å². The van der Waals surface area contributed by atoms with E-state index in [4.69, 9.17) is 10.4 Å². The summed E-state index contributed by atoms with van der Waals surface area (Å²) in [6.07, 6.45) is 0.782. The second-order valence-corrected chi connectivity index (χ2v) is 6.79. The molecule has 1 heterocycles. The van der Waals surface area contributed by atoms with E-state index in [0.717, 1.165) is 0 Å². The summed E-state index contributed by atoms with van der Waals surface area (Å²) in [6, 6.07) is 10.1. The van der Waals surface area contributed by atoms with E-state index in [0.29, 0.717) is 35.4 Å². The third-order valence-electron chi connectivity index (χ3n) is 3.44. The minimum atomic E-state index is -3.49. The largest absolute Gasteiger partial charge is 0.335 e. The summed E-state index contributed by atoms with van der Waals surface area (Å²) < 4.78 is 37.6. The van der Waals surface area contributed by atoms with E-state index in [9.17, 15) is 12.8 Å². The molecule has 0 aliphatic rings. The lowest BCUT2D eigenvalue weighted by atomic mass is 10.1. The summed E-state index contributed by atoms with van der Waals surface area (Å²) in [7, 11) is -1.79. The summed E-state index contributed by atoms with van der Waals surface area (Å²) in [6.45, 7) is 0. The van der Waals surface area contributed by atoms with Crippen molar-refractivity contribution in [3.63, 3.8) is 0 Å². The predicted octanol–water partition coefficient (Wildman–Crippen LogP) is 1.92. The quantitative estimate of drug-likeness (QED) is 0.912. The van der Waals surface area contributed by atoms with Gasteiger partial charge in [-0.2, -0.15) is 5.26 Å². The Kier molecular flexibility index (Phi) is 4.64. The minimum Gasteiger partial charge on any atom is -0.335 e. The number of nitrogens with two attached hydrogens (primary N) is 1. The fraction of sp³-hybridized carbons (Fsp3) is 0.267. The highest BCUT2D eigenvalue weighted by molar-refractivity contribution is 7.89. The molecule has 7 heteroatoms. The summed E-state index contributed by atoms with van der Waals surface area (Å²) in [5, 5.41) is 13.9.